The van der Waals surface area contributed by atoms with Gasteiger partial charge in [-0.15, -0.1) is 0 Å². The van der Waals surface area contributed by atoms with Gasteiger partial charge in [-0.3, -0.25) is 9.59 Å². The van der Waals surface area contributed by atoms with Crippen LogP contribution in [0, 0.1) is 6.92 Å². The van der Waals surface area contributed by atoms with Gasteiger partial charge in [-0.05, 0) is 37.1 Å². The highest BCUT2D eigenvalue weighted by Gasteiger charge is 2.35. The van der Waals surface area contributed by atoms with Crippen molar-refractivity contribution in [2.45, 2.75) is 24.5 Å². The molecule has 0 radical (unpaired) electrons. The van der Waals surface area contributed by atoms with E-state index in [1.54, 1.807) is 13.0 Å². The molecule has 0 saturated carbocycles. The minimum absolute atomic E-state index is 0.106. The predicted molar refractivity (Wildman–Crippen MR) is 104 cm³/mol. The zero-order chi connectivity index (χ0) is 21.4. The van der Waals surface area contributed by atoms with Crippen molar-refractivity contribution >= 4 is 21.8 Å². The van der Waals surface area contributed by atoms with Gasteiger partial charge in [0.15, 0.2) is 0 Å². The first-order chi connectivity index (χ1) is 13.8. The molecule has 0 spiro atoms. The first-order valence-electron chi connectivity index (χ1n) is 9.14. The summed E-state index contributed by atoms with van der Waals surface area (Å²) in [6.07, 6.45) is -0.386. The Morgan fingerprint density at radius 2 is 1.97 bits per heavy atom. The Kier molecular flexibility index (Phi) is 8.38. The van der Waals surface area contributed by atoms with E-state index in [2.05, 4.69) is 10.6 Å². The van der Waals surface area contributed by atoms with E-state index < -0.39 is 28.1 Å². The summed E-state index contributed by atoms with van der Waals surface area (Å²) < 4.78 is 42.9. The summed E-state index contributed by atoms with van der Waals surface area (Å²) in [5, 5.41) is 4.81. The number of aryl methyl sites for hydroxylation is 1. The van der Waals surface area contributed by atoms with Gasteiger partial charge in [0.05, 0.1) is 31.8 Å². The van der Waals surface area contributed by atoms with Gasteiger partial charge in [-0.2, -0.15) is 4.31 Å². The summed E-state index contributed by atoms with van der Waals surface area (Å²) in [5.74, 6) is -1.10. The molecule has 11 heteroatoms. The van der Waals surface area contributed by atoms with Crippen molar-refractivity contribution in [3.63, 3.8) is 0 Å². The van der Waals surface area contributed by atoms with Gasteiger partial charge in [0.25, 0.3) is 0 Å². The van der Waals surface area contributed by atoms with E-state index in [0.717, 1.165) is 0 Å². The molecule has 1 aromatic rings. The van der Waals surface area contributed by atoms with Gasteiger partial charge in [0.1, 0.15) is 12.0 Å². The standard InChI is InChI=1S/C18H27N3O7S/c1-13-11-14(5-6-15(13)27-3)29(24,25)21-8-4-9-28-16(21)12-20-18(23)17(22)19-7-10-26-2/h5-6,11,16H,4,7-10,12H2,1-3H3,(H,19,22)(H,20,23)/t16-/m1/s1. The first kappa shape index (κ1) is 23.1. The van der Waals surface area contributed by atoms with E-state index in [1.165, 1.54) is 30.7 Å². The van der Waals surface area contributed by atoms with Gasteiger partial charge < -0.3 is 24.8 Å². The van der Waals surface area contributed by atoms with Crippen LogP contribution in [-0.2, 0) is 29.1 Å². The Morgan fingerprint density at radius 1 is 1.24 bits per heavy atom. The normalized spacial score (nSPS) is 17.6. The summed E-state index contributed by atoms with van der Waals surface area (Å²) in [6, 6.07) is 4.59. The number of benzene rings is 1. The van der Waals surface area contributed by atoms with Crippen LogP contribution in [0.2, 0.25) is 0 Å². The lowest BCUT2D eigenvalue weighted by Gasteiger charge is -2.34. The van der Waals surface area contributed by atoms with Gasteiger partial charge in [-0.1, -0.05) is 0 Å². The summed E-state index contributed by atoms with van der Waals surface area (Å²) in [7, 11) is -0.869. The molecule has 1 aliphatic rings. The highest BCUT2D eigenvalue weighted by Crippen LogP contribution is 2.26. The van der Waals surface area contributed by atoms with Crippen LogP contribution in [0.4, 0.5) is 0 Å². The fourth-order valence-electron chi connectivity index (χ4n) is 2.86. The molecule has 2 N–H and O–H groups in total. The Bertz CT molecular complexity index is 829. The summed E-state index contributed by atoms with van der Waals surface area (Å²) in [6.45, 7) is 2.68. The minimum Gasteiger partial charge on any atom is -0.496 e. The zero-order valence-electron chi connectivity index (χ0n) is 16.8. The van der Waals surface area contributed by atoms with E-state index in [-0.39, 0.29) is 31.1 Å². The van der Waals surface area contributed by atoms with Crippen molar-refractivity contribution in [1.29, 1.82) is 0 Å². The Morgan fingerprint density at radius 3 is 2.62 bits per heavy atom. The molecule has 0 aromatic heterocycles. The monoisotopic (exact) mass is 429 g/mol. The Hall–Kier alpha value is -2.21. The third-order valence-electron chi connectivity index (χ3n) is 4.36. The highest BCUT2D eigenvalue weighted by atomic mass is 32.2. The molecule has 2 amide bonds. The number of nitrogens with zero attached hydrogens (tertiary/aromatic N) is 1. The minimum atomic E-state index is -3.86. The van der Waals surface area contributed by atoms with E-state index >= 15 is 0 Å². The maximum atomic E-state index is 13.1. The van der Waals surface area contributed by atoms with Crippen molar-refractivity contribution in [1.82, 2.24) is 14.9 Å². The molecule has 1 aliphatic heterocycles. The van der Waals surface area contributed by atoms with Crippen molar-refractivity contribution in [2.24, 2.45) is 0 Å². The largest absolute Gasteiger partial charge is 0.496 e. The second kappa shape index (κ2) is 10.5. The molecular weight excluding hydrogens is 402 g/mol. The molecule has 1 heterocycles. The van der Waals surface area contributed by atoms with Crippen LogP contribution < -0.4 is 15.4 Å². The van der Waals surface area contributed by atoms with E-state index in [4.69, 9.17) is 14.2 Å². The van der Waals surface area contributed by atoms with E-state index in [1.807, 2.05) is 0 Å². The summed E-state index contributed by atoms with van der Waals surface area (Å²) in [4.78, 5) is 23.8. The number of carbonyl (C=O) groups is 2. The number of methoxy groups -OCH3 is 2. The first-order valence-corrected chi connectivity index (χ1v) is 10.6. The van der Waals surface area contributed by atoms with Crippen LogP contribution in [0.1, 0.15) is 12.0 Å². The van der Waals surface area contributed by atoms with Crippen LogP contribution in [0.3, 0.4) is 0 Å². The van der Waals surface area contributed by atoms with Crippen molar-refractivity contribution in [3.05, 3.63) is 23.8 Å². The maximum absolute atomic E-state index is 13.1. The summed E-state index contributed by atoms with van der Waals surface area (Å²) >= 11 is 0. The number of hydrogen-bond donors (Lipinski definition) is 2. The van der Waals surface area contributed by atoms with Crippen LogP contribution in [-0.4, -0.2) is 77.8 Å². The average Bonchev–Trinajstić information content (AvgIpc) is 2.72. The molecule has 2 rings (SSSR count). The molecule has 0 bridgehead atoms. The number of carbonyl (C=O) groups excluding carboxylic acids is 2. The lowest BCUT2D eigenvalue weighted by molar-refractivity contribution is -0.140. The molecular formula is C18H27N3O7S. The van der Waals surface area contributed by atoms with Gasteiger partial charge in [0, 0.05) is 20.2 Å². The van der Waals surface area contributed by atoms with Crippen LogP contribution in [0.15, 0.2) is 23.1 Å². The third kappa shape index (κ3) is 5.89. The molecule has 0 unspecified atom stereocenters. The predicted octanol–water partition coefficient (Wildman–Crippen LogP) is -0.380. The van der Waals surface area contributed by atoms with E-state index in [0.29, 0.717) is 24.3 Å². The number of sulfonamides is 1. The number of nitrogens with one attached hydrogen (secondary N) is 2. The third-order valence-corrected chi connectivity index (χ3v) is 6.25. The molecule has 0 aliphatic carbocycles. The van der Waals surface area contributed by atoms with Crippen LogP contribution >= 0.6 is 0 Å². The van der Waals surface area contributed by atoms with Gasteiger partial charge in [0.2, 0.25) is 10.0 Å². The lowest BCUT2D eigenvalue weighted by atomic mass is 10.2. The second-order valence-corrected chi connectivity index (χ2v) is 8.28. The molecule has 1 aromatic carbocycles. The van der Waals surface area contributed by atoms with Crippen LogP contribution in [0.5, 0.6) is 5.75 Å². The molecule has 1 fully saturated rings. The lowest BCUT2D eigenvalue weighted by Crippen LogP contribution is -2.53. The van der Waals surface area contributed by atoms with Crippen molar-refractivity contribution in [3.8, 4) is 5.75 Å². The fourth-order valence-corrected chi connectivity index (χ4v) is 4.51. The van der Waals surface area contributed by atoms with Gasteiger partial charge in [-0.25, -0.2) is 8.42 Å². The zero-order valence-corrected chi connectivity index (χ0v) is 17.6. The van der Waals surface area contributed by atoms with Crippen molar-refractivity contribution < 1.29 is 32.2 Å². The molecule has 162 valence electrons. The molecule has 10 nitrogen and oxygen atoms in total. The smallest absolute Gasteiger partial charge is 0.309 e. The summed E-state index contributed by atoms with van der Waals surface area (Å²) in [5.41, 5.74) is 0.684. The van der Waals surface area contributed by atoms with E-state index in [9.17, 15) is 18.0 Å². The quantitative estimate of drug-likeness (QED) is 0.426. The molecule has 29 heavy (non-hydrogen) atoms. The highest BCUT2D eigenvalue weighted by molar-refractivity contribution is 7.89. The second-order valence-electron chi connectivity index (χ2n) is 6.38. The number of hydrogen-bond acceptors (Lipinski definition) is 7. The number of amides is 2. The Balaban J connectivity index is 2.07. The maximum Gasteiger partial charge on any atom is 0.309 e. The average molecular weight is 429 g/mol. The Labute approximate surface area is 170 Å². The van der Waals surface area contributed by atoms with Crippen LogP contribution in [0.25, 0.3) is 0 Å². The van der Waals surface area contributed by atoms with Gasteiger partial charge >= 0.3 is 11.8 Å². The van der Waals surface area contributed by atoms with Crippen molar-refractivity contribution in [2.75, 3.05) is 47.1 Å². The number of rotatable bonds is 8. The number of ether oxygens (including phenoxy) is 3. The SMILES string of the molecule is COCCNC(=O)C(=O)NC[C@H]1OCCCN1S(=O)(=O)c1ccc(OC)c(C)c1. The molecule has 1 atom stereocenters. The molecule has 1 saturated heterocycles. The fraction of sp³-hybridized carbons (Fsp3) is 0.556. The topological polar surface area (TPSA) is 123 Å².